The number of ether oxygens (including phenoxy) is 2. The van der Waals surface area contributed by atoms with Crippen LogP contribution in [0.5, 0.6) is 5.75 Å². The van der Waals surface area contributed by atoms with Gasteiger partial charge in [0.25, 0.3) is 0 Å². The number of hydrogen-bond acceptors (Lipinski definition) is 5. The highest BCUT2D eigenvalue weighted by Gasteiger charge is 2.63. The summed E-state index contributed by atoms with van der Waals surface area (Å²) in [7, 11) is 0. The highest BCUT2D eigenvalue weighted by atomic mass is 35.5. The first-order chi connectivity index (χ1) is 12.9. The maximum absolute atomic E-state index is 13.1. The van der Waals surface area contributed by atoms with Crippen molar-refractivity contribution < 1.29 is 14.3 Å². The average molecular weight is 448 g/mol. The summed E-state index contributed by atoms with van der Waals surface area (Å²) in [5, 5.41) is 0. The second-order valence-electron chi connectivity index (χ2n) is 8.14. The number of carbonyl (C=O) groups is 1. The van der Waals surface area contributed by atoms with Crippen LogP contribution in [0.4, 0.5) is 0 Å². The van der Waals surface area contributed by atoms with Crippen molar-refractivity contribution in [3.05, 3.63) is 30.3 Å². The number of hydrogen-bond donors (Lipinski definition) is 1. The Hall–Kier alpha value is -1.05. The molecule has 1 aromatic carbocycles. The topological polar surface area (TPSA) is 68.0 Å². The molecule has 1 heterocycles. The van der Waals surface area contributed by atoms with E-state index in [1.807, 2.05) is 56.0 Å². The molecule has 3 rings (SSSR count). The molecule has 166 valence electrons. The Balaban J connectivity index is 0.00000210. The van der Waals surface area contributed by atoms with E-state index in [0.717, 1.165) is 38.5 Å². The Kier molecular flexibility index (Phi) is 9.70. The number of amides is 1. The molecule has 0 aromatic heterocycles. The predicted molar refractivity (Wildman–Crippen MR) is 120 cm³/mol. The molecule has 1 aromatic rings. The van der Waals surface area contributed by atoms with Gasteiger partial charge < -0.3 is 20.1 Å². The van der Waals surface area contributed by atoms with Gasteiger partial charge in [0.15, 0.2) is 0 Å². The fourth-order valence-corrected chi connectivity index (χ4v) is 4.06. The van der Waals surface area contributed by atoms with E-state index in [-0.39, 0.29) is 42.2 Å². The van der Waals surface area contributed by atoms with E-state index in [9.17, 15) is 4.79 Å². The Morgan fingerprint density at radius 3 is 2.31 bits per heavy atom. The lowest BCUT2D eigenvalue weighted by Crippen LogP contribution is -2.76. The molecular formula is C21H35Cl2N3O3. The van der Waals surface area contributed by atoms with Crippen LogP contribution in [0, 0.1) is 5.41 Å². The molecule has 2 atom stereocenters. The van der Waals surface area contributed by atoms with Crippen LogP contribution in [0.2, 0.25) is 0 Å². The van der Waals surface area contributed by atoms with E-state index >= 15 is 0 Å². The fourth-order valence-electron chi connectivity index (χ4n) is 4.06. The summed E-state index contributed by atoms with van der Waals surface area (Å²) in [5.41, 5.74) is 5.40. The Labute approximate surface area is 186 Å². The van der Waals surface area contributed by atoms with Gasteiger partial charge in [-0.05, 0) is 19.1 Å². The molecule has 8 heteroatoms. The van der Waals surface area contributed by atoms with Gasteiger partial charge in [0.2, 0.25) is 5.91 Å². The standard InChI is InChI=1S/C21H33N3O3.2ClH/c1-4-26-18-16-21(22,20(18,2)3)19(25)24-12-10-23(11-13-24)14-15-27-17-8-6-5-7-9-17;;/h5-9,18H,4,10-16,22H2,1-3H3;2*1H. The summed E-state index contributed by atoms with van der Waals surface area (Å²) in [5.74, 6) is 0.969. The van der Waals surface area contributed by atoms with Crippen molar-refractivity contribution >= 4 is 30.7 Å². The molecular weight excluding hydrogens is 413 g/mol. The zero-order valence-electron chi connectivity index (χ0n) is 17.6. The first kappa shape index (κ1) is 26.0. The largest absolute Gasteiger partial charge is 0.492 e. The molecule has 2 fully saturated rings. The Morgan fingerprint density at radius 1 is 1.14 bits per heavy atom. The summed E-state index contributed by atoms with van der Waals surface area (Å²) in [6, 6.07) is 9.86. The monoisotopic (exact) mass is 447 g/mol. The van der Waals surface area contributed by atoms with Crippen molar-refractivity contribution in [2.75, 3.05) is 45.9 Å². The third kappa shape index (κ3) is 5.36. The van der Waals surface area contributed by atoms with E-state index in [1.54, 1.807) is 0 Å². The number of halogens is 2. The number of nitrogens with zero attached hydrogens (tertiary/aromatic N) is 2. The highest BCUT2D eigenvalue weighted by molar-refractivity contribution is 5.89. The molecule has 1 saturated heterocycles. The summed E-state index contributed by atoms with van der Waals surface area (Å²) < 4.78 is 11.5. The molecule has 2 aliphatic rings. The minimum atomic E-state index is -0.814. The maximum Gasteiger partial charge on any atom is 0.243 e. The van der Waals surface area contributed by atoms with Crippen LogP contribution in [0.1, 0.15) is 27.2 Å². The van der Waals surface area contributed by atoms with Crippen LogP contribution in [0.25, 0.3) is 0 Å². The van der Waals surface area contributed by atoms with Gasteiger partial charge in [0.05, 0.1) is 6.10 Å². The summed E-state index contributed by atoms with van der Waals surface area (Å²) >= 11 is 0. The lowest BCUT2D eigenvalue weighted by atomic mass is 9.54. The summed E-state index contributed by atoms with van der Waals surface area (Å²) in [6.45, 7) is 11.4. The first-order valence-electron chi connectivity index (χ1n) is 9.98. The van der Waals surface area contributed by atoms with Gasteiger partial charge >= 0.3 is 0 Å². The minimum absolute atomic E-state index is 0. The normalized spacial score (nSPS) is 25.9. The van der Waals surface area contributed by atoms with Crippen LogP contribution in [0.15, 0.2) is 30.3 Å². The van der Waals surface area contributed by atoms with Gasteiger partial charge in [-0.15, -0.1) is 24.8 Å². The van der Waals surface area contributed by atoms with E-state index in [1.165, 1.54) is 0 Å². The van der Waals surface area contributed by atoms with Crippen molar-refractivity contribution in [2.45, 2.75) is 38.8 Å². The van der Waals surface area contributed by atoms with Crippen LogP contribution in [-0.4, -0.2) is 73.3 Å². The van der Waals surface area contributed by atoms with E-state index in [0.29, 0.717) is 19.6 Å². The van der Waals surface area contributed by atoms with E-state index in [2.05, 4.69) is 4.90 Å². The second-order valence-corrected chi connectivity index (χ2v) is 8.14. The number of rotatable bonds is 7. The number of piperazine rings is 1. The molecule has 2 N–H and O–H groups in total. The minimum Gasteiger partial charge on any atom is -0.492 e. The number of nitrogens with two attached hydrogens (primary N) is 1. The van der Waals surface area contributed by atoms with Crippen molar-refractivity contribution in [1.29, 1.82) is 0 Å². The van der Waals surface area contributed by atoms with Crippen molar-refractivity contribution in [3.63, 3.8) is 0 Å². The van der Waals surface area contributed by atoms with Crippen LogP contribution >= 0.6 is 24.8 Å². The summed E-state index contributed by atoms with van der Waals surface area (Å²) in [4.78, 5) is 17.3. The Morgan fingerprint density at radius 2 is 1.76 bits per heavy atom. The molecule has 6 nitrogen and oxygen atoms in total. The van der Waals surface area contributed by atoms with Crippen LogP contribution in [-0.2, 0) is 9.53 Å². The van der Waals surface area contributed by atoms with Crippen LogP contribution < -0.4 is 10.5 Å². The van der Waals surface area contributed by atoms with Crippen molar-refractivity contribution in [2.24, 2.45) is 11.1 Å². The van der Waals surface area contributed by atoms with Gasteiger partial charge in [0, 0.05) is 51.2 Å². The molecule has 1 saturated carbocycles. The number of benzene rings is 1. The number of carbonyl (C=O) groups excluding carboxylic acids is 1. The lowest BCUT2D eigenvalue weighted by molar-refractivity contribution is -0.180. The third-order valence-corrected chi connectivity index (χ3v) is 6.29. The number of para-hydroxylation sites is 1. The molecule has 1 aliphatic heterocycles. The van der Waals surface area contributed by atoms with Gasteiger partial charge in [-0.1, -0.05) is 32.0 Å². The molecule has 0 bridgehead atoms. The molecule has 0 radical (unpaired) electrons. The van der Waals surface area contributed by atoms with Gasteiger partial charge in [-0.3, -0.25) is 9.69 Å². The van der Waals surface area contributed by atoms with E-state index in [4.69, 9.17) is 15.2 Å². The van der Waals surface area contributed by atoms with Crippen LogP contribution in [0.3, 0.4) is 0 Å². The zero-order valence-corrected chi connectivity index (χ0v) is 19.3. The maximum atomic E-state index is 13.1. The highest BCUT2D eigenvalue weighted by Crippen LogP contribution is 2.50. The molecule has 29 heavy (non-hydrogen) atoms. The zero-order chi connectivity index (χ0) is 19.5. The quantitative estimate of drug-likeness (QED) is 0.695. The summed E-state index contributed by atoms with van der Waals surface area (Å²) in [6.07, 6.45) is 0.672. The molecule has 1 amide bonds. The van der Waals surface area contributed by atoms with Gasteiger partial charge in [-0.2, -0.15) is 0 Å². The van der Waals surface area contributed by atoms with Crippen molar-refractivity contribution in [3.8, 4) is 5.75 Å². The van der Waals surface area contributed by atoms with Gasteiger partial charge in [0.1, 0.15) is 17.9 Å². The average Bonchev–Trinajstić information content (AvgIpc) is 2.68. The molecule has 2 unspecified atom stereocenters. The molecule has 1 aliphatic carbocycles. The third-order valence-electron chi connectivity index (χ3n) is 6.29. The lowest BCUT2D eigenvalue weighted by Gasteiger charge is -2.59. The van der Waals surface area contributed by atoms with Gasteiger partial charge in [-0.25, -0.2) is 0 Å². The van der Waals surface area contributed by atoms with E-state index < -0.39 is 5.54 Å². The van der Waals surface area contributed by atoms with Crippen molar-refractivity contribution in [1.82, 2.24) is 9.80 Å². The first-order valence-corrected chi connectivity index (χ1v) is 9.98. The SMILES string of the molecule is CCOC1CC(N)(C(=O)N2CCN(CCOc3ccccc3)CC2)C1(C)C.Cl.Cl. The second kappa shape index (κ2) is 10.8. The predicted octanol–water partition coefficient (Wildman–Crippen LogP) is 2.59. The molecule has 0 spiro atoms. The Bertz CT molecular complexity index is 639. The fraction of sp³-hybridized carbons (Fsp3) is 0.667. The smallest absolute Gasteiger partial charge is 0.243 e.